The monoisotopic (exact) mass is 198 g/mol. The Morgan fingerprint density at radius 2 is 2.14 bits per heavy atom. The van der Waals surface area contributed by atoms with Crippen molar-refractivity contribution < 1.29 is 4.74 Å². The van der Waals surface area contributed by atoms with E-state index < -0.39 is 5.54 Å². The highest BCUT2D eigenvalue weighted by atomic mass is 16.5. The SMILES string of the molecule is CCC(C)OCCCCC(C)(N)C#N. The number of rotatable bonds is 7. The van der Waals surface area contributed by atoms with Gasteiger partial charge in [-0.25, -0.2) is 0 Å². The van der Waals surface area contributed by atoms with E-state index in [4.69, 9.17) is 15.7 Å². The molecule has 3 heteroatoms. The molecule has 0 aromatic carbocycles. The first-order chi connectivity index (χ1) is 6.52. The molecule has 14 heavy (non-hydrogen) atoms. The molecule has 0 rings (SSSR count). The minimum atomic E-state index is -0.670. The molecule has 0 aliphatic heterocycles. The van der Waals surface area contributed by atoms with Gasteiger partial charge in [-0.2, -0.15) is 5.26 Å². The molecule has 0 amide bonds. The van der Waals surface area contributed by atoms with Gasteiger partial charge in [0.25, 0.3) is 0 Å². The molecule has 0 aliphatic rings. The Labute approximate surface area is 87.2 Å². The normalized spacial score (nSPS) is 17.1. The summed E-state index contributed by atoms with van der Waals surface area (Å²) in [7, 11) is 0. The van der Waals surface area contributed by atoms with E-state index in [0.29, 0.717) is 6.10 Å². The van der Waals surface area contributed by atoms with E-state index in [2.05, 4.69) is 19.9 Å². The third kappa shape index (κ3) is 6.88. The van der Waals surface area contributed by atoms with Crippen LogP contribution >= 0.6 is 0 Å². The van der Waals surface area contributed by atoms with Gasteiger partial charge in [0.1, 0.15) is 5.54 Å². The fraction of sp³-hybridized carbons (Fsp3) is 0.909. The van der Waals surface area contributed by atoms with E-state index in [1.54, 1.807) is 6.92 Å². The van der Waals surface area contributed by atoms with Gasteiger partial charge in [0.2, 0.25) is 0 Å². The predicted octanol–water partition coefficient (Wildman–Crippen LogP) is 2.21. The predicted molar refractivity (Wildman–Crippen MR) is 57.8 cm³/mol. The quantitative estimate of drug-likeness (QED) is 0.638. The first-order valence-corrected chi connectivity index (χ1v) is 5.33. The van der Waals surface area contributed by atoms with Crippen LogP contribution in [0.15, 0.2) is 0 Å². The lowest BCUT2D eigenvalue weighted by atomic mass is 9.98. The van der Waals surface area contributed by atoms with Crippen LogP contribution in [-0.2, 0) is 4.74 Å². The Morgan fingerprint density at radius 1 is 1.50 bits per heavy atom. The van der Waals surface area contributed by atoms with E-state index >= 15 is 0 Å². The van der Waals surface area contributed by atoms with Crippen molar-refractivity contribution in [2.24, 2.45) is 5.73 Å². The fourth-order valence-electron chi connectivity index (χ4n) is 1.05. The van der Waals surface area contributed by atoms with Crippen molar-refractivity contribution in [3.05, 3.63) is 0 Å². The van der Waals surface area contributed by atoms with Crippen LogP contribution in [0, 0.1) is 11.3 Å². The lowest BCUT2D eigenvalue weighted by Gasteiger charge is -2.15. The molecule has 2 N–H and O–H groups in total. The Hall–Kier alpha value is -0.590. The number of hydrogen-bond donors (Lipinski definition) is 1. The first-order valence-electron chi connectivity index (χ1n) is 5.33. The molecule has 0 bridgehead atoms. The Bertz CT molecular complexity index is 184. The van der Waals surface area contributed by atoms with Crippen LogP contribution in [0.1, 0.15) is 46.5 Å². The number of nitrogens with zero attached hydrogens (tertiary/aromatic N) is 1. The van der Waals surface area contributed by atoms with Crippen molar-refractivity contribution in [2.75, 3.05) is 6.61 Å². The van der Waals surface area contributed by atoms with Gasteiger partial charge in [-0.3, -0.25) is 0 Å². The number of unbranched alkanes of at least 4 members (excludes halogenated alkanes) is 1. The zero-order valence-electron chi connectivity index (χ0n) is 9.55. The maximum atomic E-state index is 8.67. The summed E-state index contributed by atoms with van der Waals surface area (Å²) in [6.45, 7) is 6.72. The average Bonchev–Trinajstić information content (AvgIpc) is 2.17. The van der Waals surface area contributed by atoms with Gasteiger partial charge in [0.15, 0.2) is 0 Å². The Kier molecular flexibility index (Phi) is 6.52. The van der Waals surface area contributed by atoms with Gasteiger partial charge < -0.3 is 10.5 Å². The van der Waals surface area contributed by atoms with E-state index in [1.165, 1.54) is 0 Å². The summed E-state index contributed by atoms with van der Waals surface area (Å²) < 4.78 is 5.52. The van der Waals surface area contributed by atoms with Crippen molar-refractivity contribution in [3.63, 3.8) is 0 Å². The third-order valence-corrected chi connectivity index (χ3v) is 2.32. The van der Waals surface area contributed by atoms with Crippen LogP contribution in [0.25, 0.3) is 0 Å². The third-order valence-electron chi connectivity index (χ3n) is 2.32. The van der Waals surface area contributed by atoms with E-state index in [1.807, 2.05) is 0 Å². The summed E-state index contributed by atoms with van der Waals surface area (Å²) >= 11 is 0. The lowest BCUT2D eigenvalue weighted by Crippen LogP contribution is -2.33. The van der Waals surface area contributed by atoms with Gasteiger partial charge in [-0.15, -0.1) is 0 Å². The highest BCUT2D eigenvalue weighted by molar-refractivity contribution is 5.00. The summed E-state index contributed by atoms with van der Waals surface area (Å²) in [4.78, 5) is 0. The van der Waals surface area contributed by atoms with Crippen LogP contribution in [0.4, 0.5) is 0 Å². The van der Waals surface area contributed by atoms with Crippen molar-refractivity contribution in [2.45, 2.75) is 58.1 Å². The second-order valence-corrected chi connectivity index (χ2v) is 4.08. The number of hydrogen-bond acceptors (Lipinski definition) is 3. The fourth-order valence-corrected chi connectivity index (χ4v) is 1.05. The molecular weight excluding hydrogens is 176 g/mol. The molecule has 0 heterocycles. The standard InChI is InChI=1S/C11H22N2O/c1-4-10(2)14-8-6-5-7-11(3,13)9-12/h10H,4-8,13H2,1-3H3. The number of nitrogens with two attached hydrogens (primary N) is 1. The van der Waals surface area contributed by atoms with Gasteiger partial charge in [0.05, 0.1) is 12.2 Å². The topological polar surface area (TPSA) is 59.0 Å². The largest absolute Gasteiger partial charge is 0.379 e. The van der Waals surface area contributed by atoms with E-state index in [-0.39, 0.29) is 0 Å². The van der Waals surface area contributed by atoms with Crippen molar-refractivity contribution in [1.82, 2.24) is 0 Å². The van der Waals surface area contributed by atoms with E-state index in [9.17, 15) is 0 Å². The summed E-state index contributed by atoms with van der Waals surface area (Å²) in [5.41, 5.74) is 5.01. The molecule has 0 aromatic heterocycles. The highest BCUT2D eigenvalue weighted by Gasteiger charge is 2.15. The highest BCUT2D eigenvalue weighted by Crippen LogP contribution is 2.09. The smallest absolute Gasteiger partial charge is 0.101 e. The molecule has 82 valence electrons. The molecule has 0 saturated carbocycles. The summed E-state index contributed by atoms with van der Waals surface area (Å²) in [6.07, 6.45) is 4.07. The molecule has 2 atom stereocenters. The molecule has 3 nitrogen and oxygen atoms in total. The minimum absolute atomic E-state index is 0.343. The van der Waals surface area contributed by atoms with Gasteiger partial charge in [-0.1, -0.05) is 6.92 Å². The van der Waals surface area contributed by atoms with Gasteiger partial charge in [-0.05, 0) is 39.5 Å². The Balaban J connectivity index is 3.35. The van der Waals surface area contributed by atoms with Gasteiger partial charge >= 0.3 is 0 Å². The zero-order chi connectivity index (χ0) is 11.0. The molecular formula is C11H22N2O. The lowest BCUT2D eigenvalue weighted by molar-refractivity contribution is 0.0604. The molecule has 0 saturated heterocycles. The number of ether oxygens (including phenoxy) is 1. The number of nitriles is 1. The molecule has 0 fully saturated rings. The maximum Gasteiger partial charge on any atom is 0.101 e. The first kappa shape index (κ1) is 13.4. The summed E-state index contributed by atoms with van der Waals surface area (Å²) in [5, 5.41) is 8.67. The Morgan fingerprint density at radius 3 is 2.64 bits per heavy atom. The molecule has 0 aliphatic carbocycles. The van der Waals surface area contributed by atoms with Crippen LogP contribution in [0.5, 0.6) is 0 Å². The summed E-state index contributed by atoms with van der Waals surface area (Å²) in [5.74, 6) is 0. The summed E-state index contributed by atoms with van der Waals surface area (Å²) in [6, 6.07) is 2.09. The second kappa shape index (κ2) is 6.80. The van der Waals surface area contributed by atoms with Crippen LogP contribution in [-0.4, -0.2) is 18.2 Å². The minimum Gasteiger partial charge on any atom is -0.379 e. The van der Waals surface area contributed by atoms with Gasteiger partial charge in [0, 0.05) is 6.61 Å². The zero-order valence-corrected chi connectivity index (χ0v) is 9.55. The van der Waals surface area contributed by atoms with E-state index in [0.717, 1.165) is 32.3 Å². The average molecular weight is 198 g/mol. The molecule has 2 unspecified atom stereocenters. The molecule has 0 radical (unpaired) electrons. The molecule has 0 aromatic rings. The van der Waals surface area contributed by atoms with Crippen molar-refractivity contribution >= 4 is 0 Å². The van der Waals surface area contributed by atoms with Crippen molar-refractivity contribution in [3.8, 4) is 6.07 Å². The van der Waals surface area contributed by atoms with Crippen LogP contribution in [0.3, 0.4) is 0 Å². The van der Waals surface area contributed by atoms with Crippen LogP contribution < -0.4 is 5.73 Å². The van der Waals surface area contributed by atoms with Crippen molar-refractivity contribution in [1.29, 1.82) is 5.26 Å². The second-order valence-electron chi connectivity index (χ2n) is 4.08. The molecule has 0 spiro atoms. The van der Waals surface area contributed by atoms with Crippen LogP contribution in [0.2, 0.25) is 0 Å². The maximum absolute atomic E-state index is 8.67.